The molecule has 0 aliphatic heterocycles. The second kappa shape index (κ2) is 6.96. The van der Waals surface area contributed by atoms with Gasteiger partial charge in [-0.15, -0.1) is 0 Å². The van der Waals surface area contributed by atoms with Gasteiger partial charge < -0.3 is 10.4 Å². The first-order valence-corrected chi connectivity index (χ1v) is 7.48. The van der Waals surface area contributed by atoms with Crippen molar-refractivity contribution >= 4 is 29.3 Å². The van der Waals surface area contributed by atoms with Crippen molar-refractivity contribution in [2.75, 3.05) is 5.32 Å². The fourth-order valence-electron chi connectivity index (χ4n) is 1.78. The van der Waals surface area contributed by atoms with Gasteiger partial charge in [-0.25, -0.2) is 4.79 Å². The lowest BCUT2D eigenvalue weighted by Gasteiger charge is -2.13. The summed E-state index contributed by atoms with van der Waals surface area (Å²) < 4.78 is 37.4. The number of alkyl halides is 3. The van der Waals surface area contributed by atoms with Gasteiger partial charge in [-0.05, 0) is 37.3 Å². The SMILES string of the molecule is Cc1ccc(Sc2ccc(C(=O)O)cc2NC(=O)C(F)(F)F)cc1. The number of carboxylic acid groups (broad SMARTS) is 1. The number of amides is 1. The minimum Gasteiger partial charge on any atom is -0.478 e. The maximum absolute atomic E-state index is 12.5. The zero-order valence-corrected chi connectivity index (χ0v) is 13.2. The van der Waals surface area contributed by atoms with Crippen LogP contribution < -0.4 is 5.32 Å². The van der Waals surface area contributed by atoms with Crippen molar-refractivity contribution in [3.63, 3.8) is 0 Å². The minimum absolute atomic E-state index is 0.206. The highest BCUT2D eigenvalue weighted by Gasteiger charge is 2.39. The van der Waals surface area contributed by atoms with Crippen LogP contribution in [0.15, 0.2) is 52.3 Å². The van der Waals surface area contributed by atoms with Crippen LogP contribution in [0.1, 0.15) is 15.9 Å². The van der Waals surface area contributed by atoms with Crippen molar-refractivity contribution in [3.05, 3.63) is 53.6 Å². The van der Waals surface area contributed by atoms with Crippen molar-refractivity contribution in [1.29, 1.82) is 0 Å². The number of benzene rings is 2. The quantitative estimate of drug-likeness (QED) is 0.856. The molecule has 2 aromatic rings. The minimum atomic E-state index is -5.06. The first kappa shape index (κ1) is 17.9. The van der Waals surface area contributed by atoms with E-state index in [1.165, 1.54) is 12.1 Å². The van der Waals surface area contributed by atoms with E-state index in [-0.39, 0.29) is 11.3 Å². The fraction of sp³-hybridized carbons (Fsp3) is 0.125. The molecule has 0 heterocycles. The van der Waals surface area contributed by atoms with Gasteiger partial charge in [0.05, 0.1) is 11.3 Å². The second-order valence-corrected chi connectivity index (χ2v) is 6.00. The summed E-state index contributed by atoms with van der Waals surface area (Å²) in [5.41, 5.74) is 0.592. The molecule has 126 valence electrons. The van der Waals surface area contributed by atoms with E-state index in [1.54, 1.807) is 17.4 Å². The number of rotatable bonds is 4. The first-order valence-electron chi connectivity index (χ1n) is 6.67. The van der Waals surface area contributed by atoms with Crippen LogP contribution in [-0.4, -0.2) is 23.2 Å². The zero-order chi connectivity index (χ0) is 17.9. The van der Waals surface area contributed by atoms with Crippen molar-refractivity contribution in [3.8, 4) is 0 Å². The Bertz CT molecular complexity index is 773. The zero-order valence-electron chi connectivity index (χ0n) is 12.3. The van der Waals surface area contributed by atoms with Gasteiger partial charge >= 0.3 is 18.1 Å². The summed E-state index contributed by atoms with van der Waals surface area (Å²) in [7, 11) is 0. The van der Waals surface area contributed by atoms with Crippen LogP contribution in [0, 0.1) is 6.92 Å². The summed E-state index contributed by atoms with van der Waals surface area (Å²) in [5.74, 6) is -3.46. The van der Waals surface area contributed by atoms with Crippen LogP contribution in [0.2, 0.25) is 0 Å². The molecule has 0 bridgehead atoms. The van der Waals surface area contributed by atoms with Gasteiger partial charge in [0.1, 0.15) is 0 Å². The van der Waals surface area contributed by atoms with Crippen molar-refractivity contribution in [2.45, 2.75) is 22.9 Å². The maximum Gasteiger partial charge on any atom is 0.471 e. The Balaban J connectivity index is 2.36. The molecule has 8 heteroatoms. The third-order valence-electron chi connectivity index (χ3n) is 2.98. The molecule has 0 aromatic heterocycles. The molecular formula is C16H12F3NO3S. The lowest BCUT2D eigenvalue weighted by Crippen LogP contribution is -2.30. The lowest BCUT2D eigenvalue weighted by molar-refractivity contribution is -0.167. The molecule has 2 rings (SSSR count). The number of anilines is 1. The average Bonchev–Trinajstić information content (AvgIpc) is 2.50. The molecule has 4 nitrogen and oxygen atoms in total. The summed E-state index contributed by atoms with van der Waals surface area (Å²) in [6.07, 6.45) is -5.06. The third kappa shape index (κ3) is 4.51. The van der Waals surface area contributed by atoms with Crippen LogP contribution in [0.4, 0.5) is 18.9 Å². The van der Waals surface area contributed by atoms with E-state index < -0.39 is 18.1 Å². The van der Waals surface area contributed by atoms with Gasteiger partial charge in [-0.1, -0.05) is 29.5 Å². The number of carboxylic acids is 1. The summed E-state index contributed by atoms with van der Waals surface area (Å²) in [6, 6.07) is 10.9. The molecule has 0 unspecified atom stereocenters. The highest BCUT2D eigenvalue weighted by Crippen LogP contribution is 2.35. The number of aromatic carboxylic acids is 1. The molecule has 0 saturated carbocycles. The van der Waals surface area contributed by atoms with Gasteiger partial charge in [0.25, 0.3) is 0 Å². The van der Waals surface area contributed by atoms with E-state index in [9.17, 15) is 22.8 Å². The highest BCUT2D eigenvalue weighted by molar-refractivity contribution is 7.99. The number of carbonyl (C=O) groups excluding carboxylic acids is 1. The Kier molecular flexibility index (Phi) is 5.18. The highest BCUT2D eigenvalue weighted by atomic mass is 32.2. The number of halogens is 3. The van der Waals surface area contributed by atoms with Crippen molar-refractivity contribution in [1.82, 2.24) is 0 Å². The molecular weight excluding hydrogens is 343 g/mol. The predicted octanol–water partition coefficient (Wildman–Crippen LogP) is 4.35. The van der Waals surface area contributed by atoms with E-state index in [2.05, 4.69) is 0 Å². The van der Waals surface area contributed by atoms with Crippen molar-refractivity contribution < 1.29 is 27.9 Å². The predicted molar refractivity (Wildman–Crippen MR) is 83.4 cm³/mol. The van der Waals surface area contributed by atoms with E-state index >= 15 is 0 Å². The molecule has 2 N–H and O–H groups in total. The number of carbonyl (C=O) groups is 2. The van der Waals surface area contributed by atoms with E-state index in [4.69, 9.17) is 5.11 Å². The van der Waals surface area contributed by atoms with Crippen LogP contribution >= 0.6 is 11.8 Å². The van der Waals surface area contributed by atoms with Crippen LogP contribution in [-0.2, 0) is 4.79 Å². The number of hydrogen-bond acceptors (Lipinski definition) is 3. The van der Waals surface area contributed by atoms with Gasteiger partial charge in [0.2, 0.25) is 0 Å². The Labute approximate surface area is 139 Å². The lowest BCUT2D eigenvalue weighted by atomic mass is 10.2. The summed E-state index contributed by atoms with van der Waals surface area (Å²) in [4.78, 5) is 23.2. The summed E-state index contributed by atoms with van der Waals surface area (Å²) in [6.45, 7) is 1.89. The Morgan fingerprint density at radius 1 is 1.08 bits per heavy atom. The van der Waals surface area contributed by atoms with Crippen LogP contribution in [0.25, 0.3) is 0 Å². The van der Waals surface area contributed by atoms with Crippen molar-refractivity contribution in [2.24, 2.45) is 0 Å². The Hall–Kier alpha value is -2.48. The number of aryl methyl sites for hydroxylation is 1. The maximum atomic E-state index is 12.5. The monoisotopic (exact) mass is 355 g/mol. The molecule has 0 saturated heterocycles. The normalized spacial score (nSPS) is 11.2. The molecule has 0 atom stereocenters. The molecule has 1 amide bonds. The molecule has 0 aliphatic rings. The molecule has 0 fully saturated rings. The molecule has 0 radical (unpaired) electrons. The van der Waals surface area contributed by atoms with E-state index in [0.29, 0.717) is 4.90 Å². The fourth-order valence-corrected chi connectivity index (χ4v) is 2.66. The van der Waals surface area contributed by atoms with Gasteiger partial charge in [0, 0.05) is 9.79 Å². The number of hydrogen-bond donors (Lipinski definition) is 2. The Morgan fingerprint density at radius 3 is 2.25 bits per heavy atom. The van der Waals surface area contributed by atoms with E-state index in [0.717, 1.165) is 28.3 Å². The topological polar surface area (TPSA) is 66.4 Å². The van der Waals surface area contributed by atoms with Crippen LogP contribution in [0.3, 0.4) is 0 Å². The molecule has 2 aromatic carbocycles. The van der Waals surface area contributed by atoms with Gasteiger partial charge in [-0.2, -0.15) is 13.2 Å². The average molecular weight is 355 g/mol. The van der Waals surface area contributed by atoms with E-state index in [1.807, 2.05) is 19.1 Å². The largest absolute Gasteiger partial charge is 0.478 e. The molecule has 24 heavy (non-hydrogen) atoms. The van der Waals surface area contributed by atoms with Crippen LogP contribution in [0.5, 0.6) is 0 Å². The number of nitrogens with one attached hydrogen (secondary N) is 1. The molecule has 0 spiro atoms. The smallest absolute Gasteiger partial charge is 0.471 e. The second-order valence-electron chi connectivity index (χ2n) is 4.88. The summed E-state index contributed by atoms with van der Waals surface area (Å²) in [5, 5.41) is 10.7. The van der Waals surface area contributed by atoms with Gasteiger partial charge in [0.15, 0.2) is 0 Å². The third-order valence-corrected chi connectivity index (χ3v) is 4.06. The summed E-state index contributed by atoms with van der Waals surface area (Å²) >= 11 is 1.12. The molecule has 0 aliphatic carbocycles. The standard InChI is InChI=1S/C16H12F3NO3S/c1-9-2-5-11(6-3-9)24-13-7-4-10(14(21)22)8-12(13)20-15(23)16(17,18)19/h2-8H,1H3,(H,20,23)(H,21,22). The van der Waals surface area contributed by atoms with Gasteiger partial charge in [-0.3, -0.25) is 4.79 Å². The Morgan fingerprint density at radius 2 is 1.71 bits per heavy atom. The first-order chi connectivity index (χ1) is 11.2.